The summed E-state index contributed by atoms with van der Waals surface area (Å²) in [6, 6.07) is 6.33. The molecule has 0 spiro atoms. The number of amides is 1. The van der Waals surface area contributed by atoms with Crippen LogP contribution in [0.2, 0.25) is 0 Å². The second kappa shape index (κ2) is 11.4. The number of benzene rings is 1. The average molecular weight is 372 g/mol. The standard InChI is InChI=1S/C17H29N2O5P/c1-2-3-4-5-6-7-10-14-11-8-9-12-16(14)19-17(20)15(18)13-24-25(21,22)23/h8-9,11-12,15H,2-7,10,13,18H2,1H3,(H,19,20)(H2,21,22,23)/t15-/m0/s1. The van der Waals surface area contributed by atoms with Crippen molar-refractivity contribution in [1.82, 2.24) is 0 Å². The minimum atomic E-state index is -4.64. The van der Waals surface area contributed by atoms with E-state index in [1.165, 1.54) is 25.7 Å². The molecule has 0 radical (unpaired) electrons. The molecule has 7 nitrogen and oxygen atoms in total. The molecule has 0 saturated heterocycles. The largest absolute Gasteiger partial charge is 0.469 e. The molecule has 1 aromatic rings. The summed E-state index contributed by atoms with van der Waals surface area (Å²) in [5, 5.41) is 2.71. The van der Waals surface area contributed by atoms with Gasteiger partial charge in [0.05, 0.1) is 6.61 Å². The molecule has 25 heavy (non-hydrogen) atoms. The molecule has 1 aromatic carbocycles. The summed E-state index contributed by atoms with van der Waals surface area (Å²) in [6.45, 7) is 1.64. The van der Waals surface area contributed by atoms with Crippen LogP contribution in [0, 0.1) is 0 Å². The van der Waals surface area contributed by atoms with Crippen molar-refractivity contribution in [3.63, 3.8) is 0 Å². The third-order valence-corrected chi connectivity index (χ3v) is 4.32. The van der Waals surface area contributed by atoms with Crippen LogP contribution < -0.4 is 11.1 Å². The number of aryl methyl sites for hydroxylation is 1. The quantitative estimate of drug-likeness (QED) is 0.330. The molecule has 8 heteroatoms. The number of nitrogens with two attached hydrogens (primary N) is 1. The smallest absolute Gasteiger partial charge is 0.324 e. The molecule has 0 saturated carbocycles. The van der Waals surface area contributed by atoms with Crippen LogP contribution in [0.1, 0.15) is 51.0 Å². The zero-order valence-corrected chi connectivity index (χ0v) is 15.6. The number of anilines is 1. The number of carbonyl (C=O) groups excluding carboxylic acids is 1. The highest BCUT2D eigenvalue weighted by Crippen LogP contribution is 2.35. The Morgan fingerprint density at radius 3 is 2.52 bits per heavy atom. The molecule has 142 valence electrons. The molecule has 0 fully saturated rings. The molecule has 0 aliphatic carbocycles. The van der Waals surface area contributed by atoms with E-state index in [-0.39, 0.29) is 0 Å². The lowest BCUT2D eigenvalue weighted by molar-refractivity contribution is -0.118. The Morgan fingerprint density at radius 1 is 1.20 bits per heavy atom. The first-order valence-electron chi connectivity index (χ1n) is 8.68. The Balaban J connectivity index is 2.49. The van der Waals surface area contributed by atoms with E-state index in [0.717, 1.165) is 24.8 Å². The highest BCUT2D eigenvalue weighted by Gasteiger charge is 2.21. The van der Waals surface area contributed by atoms with Gasteiger partial charge in [0.2, 0.25) is 5.91 Å². The number of para-hydroxylation sites is 1. The highest BCUT2D eigenvalue weighted by molar-refractivity contribution is 7.46. The predicted octanol–water partition coefficient (Wildman–Crippen LogP) is 2.96. The summed E-state index contributed by atoms with van der Waals surface area (Å²) in [4.78, 5) is 29.4. The summed E-state index contributed by atoms with van der Waals surface area (Å²) in [5.41, 5.74) is 7.31. The molecular formula is C17H29N2O5P. The van der Waals surface area contributed by atoms with E-state index in [1.807, 2.05) is 18.2 Å². The maximum atomic E-state index is 12.1. The third-order valence-electron chi connectivity index (χ3n) is 3.83. The van der Waals surface area contributed by atoms with Gasteiger partial charge in [0.1, 0.15) is 6.04 Å². The number of hydrogen-bond donors (Lipinski definition) is 4. The van der Waals surface area contributed by atoms with Gasteiger partial charge >= 0.3 is 7.82 Å². The average Bonchev–Trinajstić information content (AvgIpc) is 2.56. The maximum Gasteiger partial charge on any atom is 0.469 e. The van der Waals surface area contributed by atoms with Gasteiger partial charge in [0.15, 0.2) is 0 Å². The Kier molecular flexibility index (Phi) is 9.93. The lowest BCUT2D eigenvalue weighted by Crippen LogP contribution is -2.39. The van der Waals surface area contributed by atoms with Gasteiger partial charge in [-0.3, -0.25) is 9.32 Å². The lowest BCUT2D eigenvalue weighted by atomic mass is 10.0. The van der Waals surface area contributed by atoms with E-state index in [4.69, 9.17) is 15.5 Å². The SMILES string of the molecule is CCCCCCCCc1ccccc1NC(=O)[C@@H](N)COP(=O)(O)O. The number of phosphoric acid groups is 1. The molecule has 1 amide bonds. The molecule has 0 unspecified atom stereocenters. The fourth-order valence-electron chi connectivity index (χ4n) is 2.43. The van der Waals surface area contributed by atoms with E-state index < -0.39 is 26.4 Å². The fraction of sp³-hybridized carbons (Fsp3) is 0.588. The van der Waals surface area contributed by atoms with Crippen molar-refractivity contribution < 1.29 is 23.7 Å². The Morgan fingerprint density at radius 2 is 1.84 bits per heavy atom. The number of carbonyl (C=O) groups is 1. The van der Waals surface area contributed by atoms with Crippen LogP contribution in [0.3, 0.4) is 0 Å². The van der Waals surface area contributed by atoms with E-state index in [9.17, 15) is 9.36 Å². The topological polar surface area (TPSA) is 122 Å². The van der Waals surface area contributed by atoms with E-state index in [0.29, 0.717) is 5.69 Å². The minimum Gasteiger partial charge on any atom is -0.324 e. The van der Waals surface area contributed by atoms with Crippen molar-refractivity contribution in [2.24, 2.45) is 5.73 Å². The molecule has 0 aliphatic heterocycles. The maximum absolute atomic E-state index is 12.1. The minimum absolute atomic E-state index is 0.538. The second-order valence-electron chi connectivity index (χ2n) is 6.06. The number of rotatable bonds is 12. The van der Waals surface area contributed by atoms with Gasteiger partial charge in [-0.25, -0.2) is 4.57 Å². The van der Waals surface area contributed by atoms with Crippen molar-refractivity contribution >= 4 is 19.4 Å². The van der Waals surface area contributed by atoms with Crippen LogP contribution in [0.15, 0.2) is 24.3 Å². The molecule has 1 rings (SSSR count). The second-order valence-corrected chi connectivity index (χ2v) is 7.30. The number of unbranched alkanes of at least 4 members (excludes halogenated alkanes) is 5. The zero-order chi connectivity index (χ0) is 18.7. The van der Waals surface area contributed by atoms with E-state index in [1.54, 1.807) is 6.07 Å². The van der Waals surface area contributed by atoms with Crippen molar-refractivity contribution in [3.8, 4) is 0 Å². The summed E-state index contributed by atoms with van der Waals surface area (Å²) >= 11 is 0. The molecule has 0 heterocycles. The van der Waals surface area contributed by atoms with Gasteiger partial charge in [-0.05, 0) is 24.5 Å². The molecule has 0 aliphatic rings. The third kappa shape index (κ3) is 9.72. The summed E-state index contributed by atoms with van der Waals surface area (Å²) < 4.78 is 14.9. The van der Waals surface area contributed by atoms with Gasteiger partial charge < -0.3 is 20.8 Å². The van der Waals surface area contributed by atoms with Crippen LogP contribution in [0.4, 0.5) is 5.69 Å². The lowest BCUT2D eigenvalue weighted by Gasteiger charge is -2.15. The van der Waals surface area contributed by atoms with Crippen LogP contribution in [-0.2, 0) is 20.3 Å². The zero-order valence-electron chi connectivity index (χ0n) is 14.7. The highest BCUT2D eigenvalue weighted by atomic mass is 31.2. The van der Waals surface area contributed by atoms with Crippen LogP contribution in [-0.4, -0.2) is 28.3 Å². The van der Waals surface area contributed by atoms with Crippen molar-refractivity contribution in [3.05, 3.63) is 29.8 Å². The van der Waals surface area contributed by atoms with Gasteiger partial charge in [-0.1, -0.05) is 57.2 Å². The van der Waals surface area contributed by atoms with Crippen molar-refractivity contribution in [2.75, 3.05) is 11.9 Å². The molecular weight excluding hydrogens is 343 g/mol. The molecule has 1 atom stereocenters. The fourth-order valence-corrected chi connectivity index (χ4v) is 2.79. The predicted molar refractivity (Wildman–Crippen MR) is 98.1 cm³/mol. The Bertz CT molecular complexity index is 576. The normalized spacial score (nSPS) is 12.8. The number of nitrogens with one attached hydrogen (secondary N) is 1. The van der Waals surface area contributed by atoms with E-state index in [2.05, 4.69) is 16.8 Å². The van der Waals surface area contributed by atoms with Crippen molar-refractivity contribution in [2.45, 2.75) is 57.9 Å². The van der Waals surface area contributed by atoms with Gasteiger partial charge in [0.25, 0.3) is 0 Å². The van der Waals surface area contributed by atoms with Crippen LogP contribution in [0.5, 0.6) is 0 Å². The van der Waals surface area contributed by atoms with Gasteiger partial charge in [-0.2, -0.15) is 0 Å². The Labute approximate surface area is 149 Å². The van der Waals surface area contributed by atoms with Crippen LogP contribution in [0.25, 0.3) is 0 Å². The molecule has 5 N–H and O–H groups in total. The van der Waals surface area contributed by atoms with Crippen LogP contribution >= 0.6 is 7.82 Å². The molecule has 0 aromatic heterocycles. The monoisotopic (exact) mass is 372 g/mol. The summed E-state index contributed by atoms with van der Waals surface area (Å²) in [5.74, 6) is -0.538. The van der Waals surface area contributed by atoms with Gasteiger partial charge in [0, 0.05) is 5.69 Å². The van der Waals surface area contributed by atoms with Crippen molar-refractivity contribution in [1.29, 1.82) is 0 Å². The summed E-state index contributed by atoms with van der Waals surface area (Å²) in [7, 11) is -4.64. The van der Waals surface area contributed by atoms with E-state index >= 15 is 0 Å². The molecule has 0 bridgehead atoms. The summed E-state index contributed by atoms with van der Waals surface area (Å²) in [6.07, 6.45) is 8.01. The van der Waals surface area contributed by atoms with Gasteiger partial charge in [-0.15, -0.1) is 0 Å². The first-order valence-corrected chi connectivity index (χ1v) is 10.2. The number of hydrogen-bond acceptors (Lipinski definition) is 4. The Hall–Kier alpha value is -1.24. The number of phosphoric ester groups is 1. The first kappa shape index (κ1) is 21.8. The first-order chi connectivity index (χ1) is 11.8.